The molecule has 0 aliphatic carbocycles. The fourth-order valence-electron chi connectivity index (χ4n) is 1.60. The summed E-state index contributed by atoms with van der Waals surface area (Å²) in [6, 6.07) is 2.78. The maximum atomic E-state index is 12.8. The first-order chi connectivity index (χ1) is 9.61. The van der Waals surface area contributed by atoms with Gasteiger partial charge in [-0.2, -0.15) is 13.2 Å². The van der Waals surface area contributed by atoms with E-state index in [1.807, 2.05) is 0 Å². The molecule has 0 spiro atoms. The van der Waals surface area contributed by atoms with Crippen molar-refractivity contribution < 1.29 is 23.1 Å². The molecule has 0 fully saturated rings. The van der Waals surface area contributed by atoms with E-state index < -0.39 is 28.9 Å². The highest BCUT2D eigenvalue weighted by Crippen LogP contribution is 2.38. The molecule has 0 aromatic heterocycles. The Bertz CT molecular complexity index is 580. The molecule has 4 nitrogen and oxygen atoms in total. The number of carbonyl (C=O) groups excluding carboxylic acids is 1. The number of rotatable bonds is 4. The van der Waals surface area contributed by atoms with E-state index in [9.17, 15) is 23.1 Å². The standard InChI is InChI=1S/C13H12BF3N2O2/c1-12(21,5-6-14)11(20)19-8-3-4-10(18-2)9(7-8)13(15,16)17/h3-4,7,21H,5-6H2,1H3,(H,19,20)/t12-/m0/s1. The number of carbonyl (C=O) groups is 1. The van der Waals surface area contributed by atoms with Crippen molar-refractivity contribution in [3.05, 3.63) is 35.2 Å². The van der Waals surface area contributed by atoms with Crippen LogP contribution in [0.25, 0.3) is 4.85 Å². The predicted octanol–water partition coefficient (Wildman–Crippen LogP) is 2.92. The van der Waals surface area contributed by atoms with Crippen molar-refractivity contribution in [3.8, 4) is 0 Å². The maximum absolute atomic E-state index is 12.8. The van der Waals surface area contributed by atoms with Crippen LogP contribution in [0.5, 0.6) is 0 Å². The SMILES string of the molecule is [B]CC[C@](C)(O)C(=O)Nc1ccc([N+]#[C-])c(C(F)(F)F)c1. The minimum Gasteiger partial charge on any atom is -0.380 e. The molecule has 2 N–H and O–H groups in total. The molecule has 1 aromatic carbocycles. The summed E-state index contributed by atoms with van der Waals surface area (Å²) in [7, 11) is 5.24. The van der Waals surface area contributed by atoms with Gasteiger partial charge in [0.2, 0.25) is 0 Å². The Balaban J connectivity index is 3.07. The van der Waals surface area contributed by atoms with E-state index in [4.69, 9.17) is 14.4 Å². The Morgan fingerprint density at radius 1 is 1.48 bits per heavy atom. The number of halogens is 3. The third-order valence-electron chi connectivity index (χ3n) is 2.80. The zero-order valence-electron chi connectivity index (χ0n) is 11.2. The molecule has 110 valence electrons. The second-order valence-electron chi connectivity index (χ2n) is 4.61. The van der Waals surface area contributed by atoms with E-state index >= 15 is 0 Å². The third kappa shape index (κ3) is 4.23. The highest BCUT2D eigenvalue weighted by atomic mass is 19.4. The molecular weight excluding hydrogens is 284 g/mol. The van der Waals surface area contributed by atoms with Gasteiger partial charge in [-0.05, 0) is 25.5 Å². The highest BCUT2D eigenvalue weighted by Gasteiger charge is 2.34. The predicted molar refractivity (Wildman–Crippen MR) is 72.1 cm³/mol. The van der Waals surface area contributed by atoms with Gasteiger partial charge in [0, 0.05) is 5.69 Å². The van der Waals surface area contributed by atoms with Crippen molar-refractivity contribution in [2.24, 2.45) is 0 Å². The third-order valence-corrected chi connectivity index (χ3v) is 2.80. The van der Waals surface area contributed by atoms with Gasteiger partial charge in [-0.3, -0.25) is 4.79 Å². The van der Waals surface area contributed by atoms with E-state index in [0.29, 0.717) is 6.07 Å². The van der Waals surface area contributed by atoms with Crippen molar-refractivity contribution in [1.29, 1.82) is 0 Å². The molecule has 0 heterocycles. The number of aliphatic hydroxyl groups is 1. The van der Waals surface area contributed by atoms with Crippen molar-refractivity contribution in [3.63, 3.8) is 0 Å². The topological polar surface area (TPSA) is 53.7 Å². The summed E-state index contributed by atoms with van der Waals surface area (Å²) < 4.78 is 38.4. The average Bonchev–Trinajstić information content (AvgIpc) is 2.37. The summed E-state index contributed by atoms with van der Waals surface area (Å²) >= 11 is 0. The average molecular weight is 296 g/mol. The van der Waals surface area contributed by atoms with Crippen molar-refractivity contribution in [2.45, 2.75) is 31.4 Å². The fourth-order valence-corrected chi connectivity index (χ4v) is 1.60. The first kappa shape index (κ1) is 17.0. The van der Waals surface area contributed by atoms with Gasteiger partial charge in [-0.25, -0.2) is 4.85 Å². The van der Waals surface area contributed by atoms with Crippen LogP contribution in [-0.4, -0.2) is 24.5 Å². The quantitative estimate of drug-likeness (QED) is 0.663. The Hall–Kier alpha value is -2.01. The van der Waals surface area contributed by atoms with Crippen LogP contribution >= 0.6 is 0 Å². The van der Waals surface area contributed by atoms with E-state index in [1.54, 1.807) is 0 Å². The molecule has 0 aliphatic rings. The molecule has 1 atom stereocenters. The van der Waals surface area contributed by atoms with Gasteiger partial charge in [-0.1, -0.05) is 12.4 Å². The van der Waals surface area contributed by atoms with Gasteiger partial charge < -0.3 is 10.4 Å². The Kier molecular flexibility index (Phi) is 5.02. The molecule has 21 heavy (non-hydrogen) atoms. The number of nitrogens with zero attached hydrogens (tertiary/aromatic N) is 1. The second-order valence-corrected chi connectivity index (χ2v) is 4.61. The molecule has 1 rings (SSSR count). The van der Waals surface area contributed by atoms with E-state index in [-0.39, 0.29) is 18.4 Å². The van der Waals surface area contributed by atoms with Gasteiger partial charge in [0.1, 0.15) is 5.60 Å². The summed E-state index contributed by atoms with van der Waals surface area (Å²) in [5.41, 5.74) is -3.65. The molecule has 0 aliphatic heterocycles. The Labute approximate surface area is 121 Å². The number of hydrogen-bond acceptors (Lipinski definition) is 2. The molecule has 0 bridgehead atoms. The maximum Gasteiger partial charge on any atom is 0.407 e. The molecule has 0 unspecified atom stereocenters. The summed E-state index contributed by atoms with van der Waals surface area (Å²) in [5.74, 6) is -0.864. The van der Waals surface area contributed by atoms with Crippen molar-refractivity contribution in [1.82, 2.24) is 0 Å². The van der Waals surface area contributed by atoms with Crippen molar-refractivity contribution in [2.75, 3.05) is 5.32 Å². The minimum atomic E-state index is -4.71. The number of amides is 1. The summed E-state index contributed by atoms with van der Waals surface area (Å²) in [4.78, 5) is 14.6. The van der Waals surface area contributed by atoms with Gasteiger partial charge in [0.15, 0.2) is 5.69 Å². The molecule has 2 radical (unpaired) electrons. The lowest BCUT2D eigenvalue weighted by atomic mass is 9.90. The molecular formula is C13H12BF3N2O2. The minimum absolute atomic E-state index is 0.0366. The van der Waals surface area contributed by atoms with Gasteiger partial charge in [0.05, 0.1) is 20.0 Å². The van der Waals surface area contributed by atoms with Crippen LogP contribution in [0.15, 0.2) is 18.2 Å². The Morgan fingerprint density at radius 2 is 2.10 bits per heavy atom. The van der Waals surface area contributed by atoms with Crippen LogP contribution in [0.4, 0.5) is 24.5 Å². The first-order valence-corrected chi connectivity index (χ1v) is 5.94. The Morgan fingerprint density at radius 3 is 2.57 bits per heavy atom. The number of hydrogen-bond donors (Lipinski definition) is 2. The lowest BCUT2D eigenvalue weighted by molar-refractivity contribution is -0.137. The van der Waals surface area contributed by atoms with Crippen LogP contribution in [0.1, 0.15) is 18.9 Å². The van der Waals surface area contributed by atoms with E-state index in [0.717, 1.165) is 6.07 Å². The zero-order chi connectivity index (χ0) is 16.3. The summed E-state index contributed by atoms with van der Waals surface area (Å²) in [5, 5.41) is 12.0. The molecule has 1 aromatic rings. The first-order valence-electron chi connectivity index (χ1n) is 5.94. The lowest BCUT2D eigenvalue weighted by Gasteiger charge is -2.22. The van der Waals surface area contributed by atoms with Gasteiger partial charge in [-0.15, -0.1) is 0 Å². The normalized spacial score (nSPS) is 14.1. The summed E-state index contributed by atoms with van der Waals surface area (Å²) in [6.07, 6.45) is -4.70. The number of nitrogens with one attached hydrogen (secondary N) is 1. The van der Waals surface area contributed by atoms with E-state index in [1.165, 1.54) is 13.0 Å². The van der Waals surface area contributed by atoms with Crippen LogP contribution < -0.4 is 5.32 Å². The van der Waals surface area contributed by atoms with Crippen molar-refractivity contribution >= 4 is 25.1 Å². The molecule has 1 amide bonds. The number of benzene rings is 1. The number of anilines is 1. The van der Waals surface area contributed by atoms with Crippen LogP contribution in [0.2, 0.25) is 6.32 Å². The highest BCUT2D eigenvalue weighted by molar-refractivity contribution is 6.09. The number of alkyl halides is 3. The summed E-state index contributed by atoms with van der Waals surface area (Å²) in [6.45, 7) is 7.93. The van der Waals surface area contributed by atoms with Crippen LogP contribution in [0.3, 0.4) is 0 Å². The largest absolute Gasteiger partial charge is 0.407 e. The second kappa shape index (κ2) is 6.18. The molecule has 8 heteroatoms. The smallest absolute Gasteiger partial charge is 0.380 e. The fraction of sp³-hybridized carbons (Fsp3) is 0.385. The molecule has 0 saturated heterocycles. The zero-order valence-corrected chi connectivity index (χ0v) is 11.2. The molecule has 0 saturated carbocycles. The van der Waals surface area contributed by atoms with Crippen LogP contribution in [0, 0.1) is 6.57 Å². The van der Waals surface area contributed by atoms with Gasteiger partial charge >= 0.3 is 6.18 Å². The van der Waals surface area contributed by atoms with E-state index in [2.05, 4.69) is 10.2 Å². The monoisotopic (exact) mass is 296 g/mol. The van der Waals surface area contributed by atoms with Gasteiger partial charge in [0.25, 0.3) is 5.91 Å². The lowest BCUT2D eigenvalue weighted by Crippen LogP contribution is -2.39. The van der Waals surface area contributed by atoms with Crippen LogP contribution in [-0.2, 0) is 11.0 Å².